The van der Waals surface area contributed by atoms with Crippen LogP contribution in [-0.4, -0.2) is 23.1 Å². The molecule has 1 N–H and O–H groups in total. The Hall–Kier alpha value is -0.510. The fourth-order valence-corrected chi connectivity index (χ4v) is 3.15. The van der Waals surface area contributed by atoms with Crippen LogP contribution in [0.2, 0.25) is 10.0 Å². The number of nitrogens with one attached hydrogen (secondary N) is 1. The molecule has 0 bridgehead atoms. The molecule has 0 aliphatic heterocycles. The summed E-state index contributed by atoms with van der Waals surface area (Å²) >= 11 is 17.7. The van der Waals surface area contributed by atoms with Crippen molar-refractivity contribution >= 4 is 46.2 Å². The van der Waals surface area contributed by atoms with Crippen LogP contribution in [0, 0.1) is 0 Å². The molecule has 0 aromatic heterocycles. The second-order valence-electron chi connectivity index (χ2n) is 6.17. The summed E-state index contributed by atoms with van der Waals surface area (Å²) in [5, 5.41) is 5.19. The quantitative estimate of drug-likeness (QED) is 0.319. The summed E-state index contributed by atoms with van der Waals surface area (Å²) in [5.74, 6) is 0. The Morgan fingerprint density at radius 2 is 1.50 bits per heavy atom. The van der Waals surface area contributed by atoms with E-state index >= 15 is 0 Å². The van der Waals surface area contributed by atoms with Gasteiger partial charge in [-0.15, -0.1) is 0 Å². The van der Waals surface area contributed by atoms with E-state index in [1.165, 1.54) is 51.4 Å². The first-order valence-corrected chi connectivity index (χ1v) is 10.3. The van der Waals surface area contributed by atoms with Gasteiger partial charge in [0.1, 0.15) is 0 Å². The highest BCUT2D eigenvalue weighted by molar-refractivity contribution is 7.80. The molecule has 1 aromatic rings. The zero-order valence-electron chi connectivity index (χ0n) is 14.9. The van der Waals surface area contributed by atoms with Crippen LogP contribution in [0.5, 0.6) is 0 Å². The fourth-order valence-electron chi connectivity index (χ4n) is 2.55. The number of nitrogens with zero attached hydrogens (tertiary/aromatic N) is 1. The van der Waals surface area contributed by atoms with Gasteiger partial charge in [-0.1, -0.05) is 75.6 Å². The second kappa shape index (κ2) is 12.8. The molecule has 0 saturated heterocycles. The minimum absolute atomic E-state index is 0.543. The van der Waals surface area contributed by atoms with Gasteiger partial charge >= 0.3 is 0 Å². The zero-order chi connectivity index (χ0) is 17.8. The Morgan fingerprint density at radius 3 is 2.00 bits per heavy atom. The van der Waals surface area contributed by atoms with Gasteiger partial charge < -0.3 is 10.2 Å². The van der Waals surface area contributed by atoms with E-state index in [1.54, 1.807) is 6.07 Å². The molecule has 0 radical (unpaired) electrons. The lowest BCUT2D eigenvalue weighted by molar-refractivity contribution is 0.391. The maximum Gasteiger partial charge on any atom is 0.173 e. The van der Waals surface area contributed by atoms with Gasteiger partial charge in [0, 0.05) is 18.8 Å². The SMILES string of the molecule is CCCCCCN(CCCCCC)C(=S)Nc1ccc(Cl)c(Cl)c1. The van der Waals surface area contributed by atoms with Gasteiger partial charge in [-0.05, 0) is 43.3 Å². The van der Waals surface area contributed by atoms with Crippen molar-refractivity contribution in [1.29, 1.82) is 0 Å². The normalized spacial score (nSPS) is 10.7. The van der Waals surface area contributed by atoms with Crippen molar-refractivity contribution in [3.05, 3.63) is 28.2 Å². The number of benzene rings is 1. The first-order valence-electron chi connectivity index (χ1n) is 9.09. The van der Waals surface area contributed by atoms with E-state index in [0.717, 1.165) is 23.9 Å². The van der Waals surface area contributed by atoms with Crippen molar-refractivity contribution < 1.29 is 0 Å². The summed E-state index contributed by atoms with van der Waals surface area (Å²) in [6, 6.07) is 5.52. The van der Waals surface area contributed by atoms with Crippen LogP contribution in [-0.2, 0) is 0 Å². The summed E-state index contributed by atoms with van der Waals surface area (Å²) in [5.41, 5.74) is 0.890. The fraction of sp³-hybridized carbons (Fsp3) is 0.632. The molecule has 0 heterocycles. The maximum absolute atomic E-state index is 6.08. The topological polar surface area (TPSA) is 15.3 Å². The van der Waals surface area contributed by atoms with Gasteiger partial charge in [-0.3, -0.25) is 0 Å². The molecule has 1 aromatic carbocycles. The zero-order valence-corrected chi connectivity index (χ0v) is 17.2. The van der Waals surface area contributed by atoms with Crippen molar-refractivity contribution in [2.24, 2.45) is 0 Å². The highest BCUT2D eigenvalue weighted by Gasteiger charge is 2.10. The largest absolute Gasteiger partial charge is 0.349 e. The second-order valence-corrected chi connectivity index (χ2v) is 7.37. The van der Waals surface area contributed by atoms with Crippen LogP contribution in [0.1, 0.15) is 65.2 Å². The molecular weight excluding hydrogens is 359 g/mol. The number of rotatable bonds is 11. The van der Waals surface area contributed by atoms with Crippen molar-refractivity contribution in [1.82, 2.24) is 4.90 Å². The lowest BCUT2D eigenvalue weighted by Gasteiger charge is -2.26. The van der Waals surface area contributed by atoms with E-state index in [1.807, 2.05) is 12.1 Å². The summed E-state index contributed by atoms with van der Waals surface area (Å²) < 4.78 is 0. The maximum atomic E-state index is 6.08. The van der Waals surface area contributed by atoms with Gasteiger partial charge in [0.2, 0.25) is 0 Å². The van der Waals surface area contributed by atoms with Crippen LogP contribution in [0.4, 0.5) is 5.69 Å². The smallest absolute Gasteiger partial charge is 0.173 e. The summed E-state index contributed by atoms with van der Waals surface area (Å²) in [6.07, 6.45) is 9.97. The highest BCUT2D eigenvalue weighted by Crippen LogP contribution is 2.25. The molecule has 5 heteroatoms. The third-order valence-electron chi connectivity index (χ3n) is 4.02. The molecule has 0 amide bonds. The molecule has 0 aliphatic carbocycles. The molecule has 0 saturated carbocycles. The third kappa shape index (κ3) is 8.55. The van der Waals surface area contributed by atoms with E-state index in [4.69, 9.17) is 35.4 Å². The Kier molecular flexibility index (Phi) is 11.5. The molecule has 0 spiro atoms. The molecule has 2 nitrogen and oxygen atoms in total. The minimum atomic E-state index is 0.543. The van der Waals surface area contributed by atoms with Crippen molar-refractivity contribution in [3.63, 3.8) is 0 Å². The van der Waals surface area contributed by atoms with Gasteiger partial charge in [0.15, 0.2) is 5.11 Å². The number of anilines is 1. The predicted molar refractivity (Wildman–Crippen MR) is 113 cm³/mol. The summed E-state index contributed by atoms with van der Waals surface area (Å²) in [4.78, 5) is 2.29. The molecule has 1 rings (SSSR count). The standard InChI is InChI=1S/C19H30Cl2N2S/c1-3-5-7-9-13-23(14-10-8-6-4-2)19(24)22-16-11-12-17(20)18(21)15-16/h11-12,15H,3-10,13-14H2,1-2H3,(H,22,24). The number of unbranched alkanes of at least 4 members (excludes halogenated alkanes) is 6. The van der Waals surface area contributed by atoms with Gasteiger partial charge in [-0.2, -0.15) is 0 Å². The van der Waals surface area contributed by atoms with Crippen LogP contribution in [0.3, 0.4) is 0 Å². The molecule has 0 unspecified atom stereocenters. The van der Waals surface area contributed by atoms with E-state index in [-0.39, 0.29) is 0 Å². The van der Waals surface area contributed by atoms with Crippen LogP contribution >= 0.6 is 35.4 Å². The average Bonchev–Trinajstić information content (AvgIpc) is 2.56. The number of hydrogen-bond donors (Lipinski definition) is 1. The minimum Gasteiger partial charge on any atom is -0.349 e. The van der Waals surface area contributed by atoms with Crippen molar-refractivity contribution in [2.75, 3.05) is 18.4 Å². The molecule has 0 atom stereocenters. The molecular formula is C19H30Cl2N2S. The lowest BCUT2D eigenvalue weighted by Crippen LogP contribution is -2.36. The van der Waals surface area contributed by atoms with Crippen molar-refractivity contribution in [2.45, 2.75) is 65.2 Å². The van der Waals surface area contributed by atoms with E-state index in [0.29, 0.717) is 10.0 Å². The predicted octanol–water partition coefficient (Wildman–Crippen LogP) is 7.15. The molecule has 24 heavy (non-hydrogen) atoms. The van der Waals surface area contributed by atoms with E-state index < -0.39 is 0 Å². The third-order valence-corrected chi connectivity index (χ3v) is 5.12. The first kappa shape index (κ1) is 21.5. The number of thiocarbonyl (C=S) groups is 1. The monoisotopic (exact) mass is 388 g/mol. The van der Waals surface area contributed by atoms with Gasteiger partial charge in [-0.25, -0.2) is 0 Å². The molecule has 136 valence electrons. The molecule has 0 aliphatic rings. The summed E-state index contributed by atoms with van der Waals surface area (Å²) in [7, 11) is 0. The van der Waals surface area contributed by atoms with Crippen LogP contribution < -0.4 is 5.32 Å². The Labute approximate surface area is 162 Å². The highest BCUT2D eigenvalue weighted by atomic mass is 35.5. The van der Waals surface area contributed by atoms with Crippen molar-refractivity contribution in [3.8, 4) is 0 Å². The van der Waals surface area contributed by atoms with E-state index in [9.17, 15) is 0 Å². The molecule has 0 fully saturated rings. The Balaban J connectivity index is 2.57. The summed E-state index contributed by atoms with van der Waals surface area (Å²) in [6.45, 7) is 6.50. The van der Waals surface area contributed by atoms with E-state index in [2.05, 4.69) is 24.1 Å². The van der Waals surface area contributed by atoms with Crippen LogP contribution in [0.25, 0.3) is 0 Å². The van der Waals surface area contributed by atoms with Gasteiger partial charge in [0.25, 0.3) is 0 Å². The first-order chi connectivity index (χ1) is 11.6. The Morgan fingerprint density at radius 1 is 0.917 bits per heavy atom. The average molecular weight is 389 g/mol. The Bertz CT molecular complexity index is 482. The lowest BCUT2D eigenvalue weighted by atomic mass is 10.2. The number of hydrogen-bond acceptors (Lipinski definition) is 1. The van der Waals surface area contributed by atoms with Gasteiger partial charge in [0.05, 0.1) is 10.0 Å². The number of halogens is 2. The van der Waals surface area contributed by atoms with Crippen LogP contribution in [0.15, 0.2) is 18.2 Å².